The first-order valence-corrected chi connectivity index (χ1v) is 6.04. The number of halogens is 4. The van der Waals surface area contributed by atoms with Crippen molar-refractivity contribution in [1.82, 2.24) is 0 Å². The lowest BCUT2D eigenvalue weighted by Gasteiger charge is -2.15. The Kier molecular flexibility index (Phi) is 4.71. The Morgan fingerprint density at radius 2 is 1.37 bits per heavy atom. The fraction of sp³-hybridized carbons (Fsp3) is 0.500. The predicted molar refractivity (Wildman–Crippen MR) is 64.0 cm³/mol. The molecule has 0 aliphatic heterocycles. The van der Waals surface area contributed by atoms with Gasteiger partial charge < -0.3 is 0 Å². The summed E-state index contributed by atoms with van der Waals surface area (Å²) in [4.78, 5) is 11.8. The molecule has 0 spiro atoms. The molecule has 1 atom stereocenters. The predicted octanol–water partition coefficient (Wildman–Crippen LogP) is 4.42. The van der Waals surface area contributed by atoms with Crippen molar-refractivity contribution in [3.05, 3.63) is 34.4 Å². The van der Waals surface area contributed by atoms with Gasteiger partial charge in [-0.1, -0.05) is 20.8 Å². The van der Waals surface area contributed by atoms with E-state index in [-0.39, 0.29) is 18.3 Å². The van der Waals surface area contributed by atoms with E-state index in [0.29, 0.717) is 0 Å². The average Bonchev–Trinajstić information content (AvgIpc) is 2.34. The van der Waals surface area contributed by atoms with E-state index in [1.807, 2.05) is 13.8 Å². The van der Waals surface area contributed by atoms with Crippen molar-refractivity contribution in [3.8, 4) is 0 Å². The first-order valence-electron chi connectivity index (χ1n) is 6.04. The quantitative estimate of drug-likeness (QED) is 0.452. The Labute approximate surface area is 109 Å². The average molecular weight is 276 g/mol. The molecule has 0 saturated carbocycles. The van der Waals surface area contributed by atoms with Gasteiger partial charge in [-0.05, 0) is 18.8 Å². The van der Waals surface area contributed by atoms with Crippen LogP contribution in [-0.2, 0) is 0 Å². The van der Waals surface area contributed by atoms with Gasteiger partial charge in [0.25, 0.3) is 0 Å². The second-order valence-corrected chi connectivity index (χ2v) is 5.10. The molecule has 0 heterocycles. The molecule has 0 saturated heterocycles. The topological polar surface area (TPSA) is 17.1 Å². The van der Waals surface area contributed by atoms with Crippen LogP contribution < -0.4 is 0 Å². The molecule has 1 nitrogen and oxygen atoms in total. The van der Waals surface area contributed by atoms with E-state index in [0.717, 1.165) is 6.92 Å². The van der Waals surface area contributed by atoms with E-state index < -0.39 is 40.2 Å². The molecular formula is C14H16F4O. The molecule has 0 amide bonds. The normalized spacial score (nSPS) is 12.9. The van der Waals surface area contributed by atoms with Crippen LogP contribution in [0.1, 0.15) is 43.1 Å². The highest BCUT2D eigenvalue weighted by Crippen LogP contribution is 2.26. The first kappa shape index (κ1) is 15.7. The smallest absolute Gasteiger partial charge is 0.173 e. The van der Waals surface area contributed by atoms with Crippen molar-refractivity contribution >= 4 is 5.78 Å². The van der Waals surface area contributed by atoms with Crippen molar-refractivity contribution in [2.75, 3.05) is 0 Å². The van der Waals surface area contributed by atoms with Crippen LogP contribution in [0.25, 0.3) is 0 Å². The molecule has 1 unspecified atom stereocenters. The molecule has 19 heavy (non-hydrogen) atoms. The van der Waals surface area contributed by atoms with Gasteiger partial charge in [-0.25, -0.2) is 17.6 Å². The van der Waals surface area contributed by atoms with Crippen LogP contribution in [0.5, 0.6) is 0 Å². The summed E-state index contributed by atoms with van der Waals surface area (Å²) in [6, 6.07) is 0. The summed E-state index contributed by atoms with van der Waals surface area (Å²) in [5.74, 6) is -7.20. The zero-order valence-corrected chi connectivity index (χ0v) is 11.3. The van der Waals surface area contributed by atoms with E-state index in [9.17, 15) is 22.4 Å². The van der Waals surface area contributed by atoms with E-state index in [2.05, 4.69) is 0 Å². The van der Waals surface area contributed by atoms with Crippen LogP contribution >= 0.6 is 0 Å². The van der Waals surface area contributed by atoms with E-state index >= 15 is 0 Å². The standard InChI is InChI=1S/C14H16F4O/c1-6(2)7(3)5-9(19)10-13(17)11(15)8(4)12(16)14(10)18/h6-7H,5H2,1-4H3. The van der Waals surface area contributed by atoms with Crippen molar-refractivity contribution in [2.45, 2.75) is 34.1 Å². The molecular weight excluding hydrogens is 260 g/mol. The lowest BCUT2D eigenvalue weighted by atomic mass is 9.90. The largest absolute Gasteiger partial charge is 0.294 e. The van der Waals surface area contributed by atoms with Crippen LogP contribution in [0.2, 0.25) is 0 Å². The van der Waals surface area contributed by atoms with Gasteiger partial charge in [0.05, 0.1) is 5.56 Å². The number of benzene rings is 1. The van der Waals surface area contributed by atoms with Gasteiger partial charge in [-0.15, -0.1) is 0 Å². The fourth-order valence-corrected chi connectivity index (χ4v) is 1.62. The summed E-state index contributed by atoms with van der Waals surface area (Å²) in [6.07, 6.45) is -0.159. The van der Waals surface area contributed by atoms with Crippen molar-refractivity contribution in [3.63, 3.8) is 0 Å². The van der Waals surface area contributed by atoms with Gasteiger partial charge in [0, 0.05) is 12.0 Å². The van der Waals surface area contributed by atoms with Crippen LogP contribution in [0.15, 0.2) is 0 Å². The second kappa shape index (κ2) is 5.72. The highest BCUT2D eigenvalue weighted by molar-refractivity contribution is 5.96. The summed E-state index contributed by atoms with van der Waals surface area (Å²) in [5, 5.41) is 0. The maximum Gasteiger partial charge on any atom is 0.173 e. The Hall–Kier alpha value is -1.39. The van der Waals surface area contributed by atoms with Crippen molar-refractivity contribution in [2.24, 2.45) is 11.8 Å². The Morgan fingerprint density at radius 3 is 1.74 bits per heavy atom. The molecule has 0 aliphatic rings. The summed E-state index contributed by atoms with van der Waals surface area (Å²) >= 11 is 0. The highest BCUT2D eigenvalue weighted by atomic mass is 19.2. The lowest BCUT2D eigenvalue weighted by molar-refractivity contribution is 0.0942. The molecule has 106 valence electrons. The van der Waals surface area contributed by atoms with E-state index in [1.165, 1.54) is 0 Å². The molecule has 0 aromatic heterocycles. The maximum atomic E-state index is 13.6. The third-order valence-electron chi connectivity index (χ3n) is 3.41. The Balaban J connectivity index is 3.25. The minimum atomic E-state index is -1.61. The van der Waals surface area contributed by atoms with Gasteiger partial charge in [-0.2, -0.15) is 0 Å². The number of hydrogen-bond donors (Lipinski definition) is 0. The van der Waals surface area contributed by atoms with Gasteiger partial charge in [0.1, 0.15) is 0 Å². The summed E-state index contributed by atoms with van der Waals surface area (Å²) < 4.78 is 53.9. The Bertz CT molecular complexity index is 480. The minimum Gasteiger partial charge on any atom is -0.294 e. The van der Waals surface area contributed by atoms with Crippen LogP contribution in [-0.4, -0.2) is 5.78 Å². The number of rotatable bonds is 4. The number of Topliss-reactive ketones (excluding diaryl/α,β-unsaturated/α-hetero) is 1. The summed E-state index contributed by atoms with van der Waals surface area (Å²) in [6.45, 7) is 6.35. The third-order valence-corrected chi connectivity index (χ3v) is 3.41. The van der Waals surface area contributed by atoms with Gasteiger partial charge in [0.15, 0.2) is 29.1 Å². The zero-order chi connectivity index (χ0) is 14.9. The molecule has 5 heteroatoms. The summed E-state index contributed by atoms with van der Waals surface area (Å²) in [7, 11) is 0. The van der Waals surface area contributed by atoms with Crippen LogP contribution in [0, 0.1) is 42.0 Å². The monoisotopic (exact) mass is 276 g/mol. The third kappa shape index (κ3) is 2.96. The van der Waals surface area contributed by atoms with E-state index in [1.54, 1.807) is 6.92 Å². The van der Waals surface area contributed by atoms with Crippen molar-refractivity contribution < 1.29 is 22.4 Å². The number of ketones is 1. The molecule has 1 rings (SSSR count). The SMILES string of the molecule is Cc1c(F)c(F)c(C(=O)CC(C)C(C)C)c(F)c1F. The molecule has 0 fully saturated rings. The maximum absolute atomic E-state index is 13.6. The lowest BCUT2D eigenvalue weighted by Crippen LogP contribution is -2.16. The zero-order valence-electron chi connectivity index (χ0n) is 11.3. The molecule has 1 aromatic rings. The van der Waals surface area contributed by atoms with Gasteiger partial charge in [0.2, 0.25) is 0 Å². The van der Waals surface area contributed by atoms with Crippen LogP contribution in [0.3, 0.4) is 0 Å². The fourth-order valence-electron chi connectivity index (χ4n) is 1.62. The Morgan fingerprint density at radius 1 is 0.947 bits per heavy atom. The molecule has 0 bridgehead atoms. The highest BCUT2D eigenvalue weighted by Gasteiger charge is 2.28. The van der Waals surface area contributed by atoms with E-state index in [4.69, 9.17) is 0 Å². The molecule has 0 radical (unpaired) electrons. The number of hydrogen-bond acceptors (Lipinski definition) is 1. The minimum absolute atomic E-state index is 0.121. The molecule has 0 aliphatic carbocycles. The number of carbonyl (C=O) groups excluding carboxylic acids is 1. The van der Waals surface area contributed by atoms with Gasteiger partial charge >= 0.3 is 0 Å². The van der Waals surface area contributed by atoms with Crippen molar-refractivity contribution in [1.29, 1.82) is 0 Å². The van der Waals surface area contributed by atoms with Crippen LogP contribution in [0.4, 0.5) is 17.6 Å². The second-order valence-electron chi connectivity index (χ2n) is 5.10. The molecule has 0 N–H and O–H groups in total. The molecule has 1 aromatic carbocycles. The first-order chi connectivity index (χ1) is 8.68. The summed E-state index contributed by atoms with van der Waals surface area (Å²) in [5.41, 5.74) is -1.88. The number of carbonyl (C=O) groups is 1. The van der Waals surface area contributed by atoms with Gasteiger partial charge in [-0.3, -0.25) is 4.79 Å².